The van der Waals surface area contributed by atoms with E-state index in [9.17, 15) is 9.59 Å². The quantitative estimate of drug-likeness (QED) is 0.0922. The summed E-state index contributed by atoms with van der Waals surface area (Å²) in [4.78, 5) is 25.1. The third-order valence-corrected chi connectivity index (χ3v) is 7.74. The van der Waals surface area contributed by atoms with E-state index in [0.717, 1.165) is 44.5 Å². The van der Waals surface area contributed by atoms with Gasteiger partial charge in [-0.05, 0) is 44.7 Å². The topological polar surface area (TPSA) is 71.1 Å². The lowest BCUT2D eigenvalue weighted by molar-refractivity contribution is -0.147. The minimum absolute atomic E-state index is 0.120. The zero-order valence-corrected chi connectivity index (χ0v) is 26.0. The van der Waals surface area contributed by atoms with Gasteiger partial charge in [-0.1, -0.05) is 110 Å². The highest BCUT2D eigenvalue weighted by Crippen LogP contribution is 2.45. The van der Waals surface area contributed by atoms with Crippen LogP contribution in [0, 0.1) is 0 Å². The molecule has 5 rings (SSSR count). The highest BCUT2D eigenvalue weighted by Gasteiger charge is 2.27. The fraction of sp³-hybridized carbons (Fsp3) is 0.231. The number of carbonyl (C=O) groups is 2. The summed E-state index contributed by atoms with van der Waals surface area (Å²) in [5, 5.41) is 1.77. The summed E-state index contributed by atoms with van der Waals surface area (Å²) in [6.45, 7) is 13.1. The standard InChI is InChI=1S/C39H38O6/c1-25(2)38(40)44-34(28-14-8-6-9-15-28)23-42-36-30-18-12-13-19-31(30)37(33-22-27(5)20-21-32(33)36)43-24-35(45-39(41)26(3)4)29-16-10-7-11-17-29/h6-20,34-35H,1,3,21-24H2,2,4-5H3. The molecule has 0 aliphatic heterocycles. The first-order chi connectivity index (χ1) is 21.7. The van der Waals surface area contributed by atoms with E-state index >= 15 is 0 Å². The summed E-state index contributed by atoms with van der Waals surface area (Å²) in [5.74, 6) is 0.530. The minimum atomic E-state index is -0.629. The third kappa shape index (κ3) is 7.35. The molecule has 0 radical (unpaired) electrons. The molecule has 0 N–H and O–H groups in total. The summed E-state index contributed by atoms with van der Waals surface area (Å²) in [5.41, 5.74) is 5.57. The molecule has 6 nitrogen and oxygen atoms in total. The molecule has 0 fully saturated rings. The number of rotatable bonds is 12. The van der Waals surface area contributed by atoms with Crippen LogP contribution < -0.4 is 9.47 Å². The van der Waals surface area contributed by atoms with Crippen molar-refractivity contribution in [2.75, 3.05) is 13.2 Å². The van der Waals surface area contributed by atoms with Crippen LogP contribution in [0.15, 0.2) is 121 Å². The van der Waals surface area contributed by atoms with Gasteiger partial charge in [-0.3, -0.25) is 0 Å². The Hall–Kier alpha value is -5.10. The summed E-state index contributed by atoms with van der Waals surface area (Å²) in [6.07, 6.45) is 2.28. The van der Waals surface area contributed by atoms with E-state index < -0.39 is 24.1 Å². The summed E-state index contributed by atoms with van der Waals surface area (Å²) < 4.78 is 24.9. The second kappa shape index (κ2) is 14.1. The number of hydrogen-bond acceptors (Lipinski definition) is 6. The molecule has 1 aliphatic carbocycles. The van der Waals surface area contributed by atoms with Crippen LogP contribution in [0.25, 0.3) is 10.8 Å². The first kappa shape index (κ1) is 31.3. The first-order valence-electron chi connectivity index (χ1n) is 15.0. The van der Waals surface area contributed by atoms with Gasteiger partial charge in [-0.25, -0.2) is 9.59 Å². The highest BCUT2D eigenvalue weighted by molar-refractivity contribution is 5.96. The van der Waals surface area contributed by atoms with E-state index in [2.05, 4.69) is 26.2 Å². The molecule has 0 spiro atoms. The summed E-state index contributed by atoms with van der Waals surface area (Å²) in [6, 6.07) is 27.1. The van der Waals surface area contributed by atoms with Crippen LogP contribution in [0.2, 0.25) is 0 Å². The molecule has 1 aliphatic rings. The van der Waals surface area contributed by atoms with Gasteiger partial charge in [-0.15, -0.1) is 0 Å². The van der Waals surface area contributed by atoms with Crippen molar-refractivity contribution in [3.8, 4) is 11.5 Å². The molecular formula is C39H38O6. The van der Waals surface area contributed by atoms with E-state index in [1.165, 1.54) is 5.57 Å². The van der Waals surface area contributed by atoms with Gasteiger partial charge in [0.15, 0.2) is 12.2 Å². The molecule has 0 saturated heterocycles. The van der Waals surface area contributed by atoms with E-state index in [0.29, 0.717) is 24.0 Å². The molecule has 0 heterocycles. The van der Waals surface area contributed by atoms with Gasteiger partial charge in [0.05, 0.1) is 0 Å². The van der Waals surface area contributed by atoms with Crippen molar-refractivity contribution in [3.05, 3.63) is 143 Å². The van der Waals surface area contributed by atoms with Crippen molar-refractivity contribution in [3.63, 3.8) is 0 Å². The van der Waals surface area contributed by atoms with Crippen LogP contribution in [0.3, 0.4) is 0 Å². The van der Waals surface area contributed by atoms with E-state index in [1.807, 2.05) is 84.9 Å². The fourth-order valence-corrected chi connectivity index (χ4v) is 5.35. The molecule has 2 unspecified atom stereocenters. The van der Waals surface area contributed by atoms with Gasteiger partial charge < -0.3 is 18.9 Å². The van der Waals surface area contributed by atoms with Gasteiger partial charge in [0, 0.05) is 33.0 Å². The Kier molecular flexibility index (Phi) is 9.83. The monoisotopic (exact) mass is 602 g/mol. The van der Waals surface area contributed by atoms with Crippen molar-refractivity contribution >= 4 is 22.7 Å². The van der Waals surface area contributed by atoms with E-state index in [4.69, 9.17) is 18.9 Å². The van der Waals surface area contributed by atoms with Gasteiger partial charge in [0.1, 0.15) is 24.7 Å². The lowest BCUT2D eigenvalue weighted by Crippen LogP contribution is -2.20. The van der Waals surface area contributed by atoms with Crippen LogP contribution in [0.5, 0.6) is 11.5 Å². The average molecular weight is 603 g/mol. The van der Waals surface area contributed by atoms with Crippen LogP contribution in [0.1, 0.15) is 55.2 Å². The number of carbonyl (C=O) groups excluding carboxylic acids is 2. The Morgan fingerprint density at radius 2 is 1.09 bits per heavy atom. The molecule has 45 heavy (non-hydrogen) atoms. The molecule has 4 aromatic carbocycles. The van der Waals surface area contributed by atoms with E-state index in [1.54, 1.807) is 13.8 Å². The SMILES string of the molecule is C=C(C)C(=O)OC(COc1c2c(c(OCC(OC(=O)C(=C)C)c3ccccc3)c3ccccc13)CC(C)=CC2)c1ccccc1. The van der Waals surface area contributed by atoms with Crippen molar-refractivity contribution in [2.24, 2.45) is 0 Å². The van der Waals surface area contributed by atoms with Crippen molar-refractivity contribution < 1.29 is 28.5 Å². The number of esters is 2. The zero-order chi connectivity index (χ0) is 31.9. The molecule has 0 amide bonds. The predicted octanol–water partition coefficient (Wildman–Crippen LogP) is 8.36. The predicted molar refractivity (Wildman–Crippen MR) is 176 cm³/mol. The van der Waals surface area contributed by atoms with Gasteiger partial charge in [0.2, 0.25) is 0 Å². The molecule has 0 saturated carbocycles. The first-order valence-corrected chi connectivity index (χ1v) is 15.0. The maximum absolute atomic E-state index is 12.6. The highest BCUT2D eigenvalue weighted by atomic mass is 16.6. The maximum Gasteiger partial charge on any atom is 0.333 e. The number of ether oxygens (including phenoxy) is 4. The Morgan fingerprint density at radius 3 is 1.53 bits per heavy atom. The minimum Gasteiger partial charge on any atom is -0.488 e. The largest absolute Gasteiger partial charge is 0.488 e. The smallest absolute Gasteiger partial charge is 0.333 e. The Morgan fingerprint density at radius 1 is 0.667 bits per heavy atom. The molecule has 2 atom stereocenters. The van der Waals surface area contributed by atoms with E-state index in [-0.39, 0.29) is 13.2 Å². The van der Waals surface area contributed by atoms with Crippen molar-refractivity contribution in [1.29, 1.82) is 0 Å². The number of benzene rings is 4. The normalized spacial score (nSPS) is 13.5. The Balaban J connectivity index is 1.52. The van der Waals surface area contributed by atoms with Crippen LogP contribution >= 0.6 is 0 Å². The van der Waals surface area contributed by atoms with Crippen LogP contribution in [0.4, 0.5) is 0 Å². The second-order valence-electron chi connectivity index (χ2n) is 11.4. The fourth-order valence-electron chi connectivity index (χ4n) is 5.35. The number of allylic oxidation sites excluding steroid dienone is 2. The van der Waals surface area contributed by atoms with Gasteiger partial charge >= 0.3 is 11.9 Å². The Bertz CT molecular complexity index is 1750. The van der Waals surface area contributed by atoms with Crippen LogP contribution in [-0.4, -0.2) is 25.2 Å². The van der Waals surface area contributed by atoms with Gasteiger partial charge in [-0.2, -0.15) is 0 Å². The molecule has 0 bridgehead atoms. The van der Waals surface area contributed by atoms with Crippen LogP contribution in [-0.2, 0) is 31.9 Å². The average Bonchev–Trinajstić information content (AvgIpc) is 3.05. The number of fused-ring (bicyclic) bond motifs is 2. The second-order valence-corrected chi connectivity index (χ2v) is 11.4. The lowest BCUT2D eigenvalue weighted by atomic mass is 9.87. The zero-order valence-electron chi connectivity index (χ0n) is 26.0. The molecule has 4 aromatic rings. The molecule has 230 valence electrons. The summed E-state index contributed by atoms with van der Waals surface area (Å²) in [7, 11) is 0. The molecule has 6 heteroatoms. The number of hydrogen-bond donors (Lipinski definition) is 0. The third-order valence-electron chi connectivity index (χ3n) is 7.74. The van der Waals surface area contributed by atoms with Crippen molar-refractivity contribution in [1.82, 2.24) is 0 Å². The Labute approximate surface area is 264 Å². The summed E-state index contributed by atoms with van der Waals surface area (Å²) >= 11 is 0. The maximum atomic E-state index is 12.6. The lowest BCUT2D eigenvalue weighted by Gasteiger charge is -2.27. The molecular weight excluding hydrogens is 564 g/mol. The van der Waals surface area contributed by atoms with Gasteiger partial charge in [0.25, 0.3) is 0 Å². The van der Waals surface area contributed by atoms with Crippen molar-refractivity contribution in [2.45, 2.75) is 45.8 Å². The molecule has 0 aromatic heterocycles.